The molecule has 0 saturated carbocycles. The van der Waals surface area contributed by atoms with Crippen LogP contribution in [0, 0.1) is 11.3 Å². The highest BCUT2D eigenvalue weighted by molar-refractivity contribution is 6.18. The van der Waals surface area contributed by atoms with E-state index in [-0.39, 0.29) is 5.57 Å². The molecular formula is C16H20Cl2N4O. The number of carbonyl (C=O) groups excluding carboxylic acids is 1. The Labute approximate surface area is 147 Å². The Bertz CT molecular complexity index is 573. The van der Waals surface area contributed by atoms with Gasteiger partial charge in [-0.3, -0.25) is 10.2 Å². The number of nitriles is 1. The standard InChI is InChI=1S/C16H20Cl2N4O/c1-21(2)20-16(23)14(12-19)11-13-3-5-15(6-4-13)22(9-7-17)10-8-18/h3-6,11H,7-10H2,1-2H3,(H,20,23). The first-order valence-electron chi connectivity index (χ1n) is 7.09. The Morgan fingerprint density at radius 1 is 1.22 bits per heavy atom. The van der Waals surface area contributed by atoms with Crippen molar-refractivity contribution >= 4 is 40.9 Å². The largest absolute Gasteiger partial charge is 0.369 e. The number of nitrogens with one attached hydrogen (secondary N) is 1. The maximum atomic E-state index is 11.9. The highest BCUT2D eigenvalue weighted by Gasteiger charge is 2.10. The van der Waals surface area contributed by atoms with Crippen LogP contribution in [0.2, 0.25) is 0 Å². The third kappa shape index (κ3) is 6.49. The van der Waals surface area contributed by atoms with Crippen molar-refractivity contribution < 1.29 is 4.79 Å². The van der Waals surface area contributed by atoms with E-state index < -0.39 is 5.91 Å². The van der Waals surface area contributed by atoms with Gasteiger partial charge in [0.1, 0.15) is 11.6 Å². The van der Waals surface area contributed by atoms with Crippen LogP contribution in [0.3, 0.4) is 0 Å². The fourth-order valence-corrected chi connectivity index (χ4v) is 2.34. The Balaban J connectivity index is 2.92. The van der Waals surface area contributed by atoms with E-state index >= 15 is 0 Å². The molecular weight excluding hydrogens is 335 g/mol. The molecule has 0 aliphatic rings. The van der Waals surface area contributed by atoms with Crippen LogP contribution < -0.4 is 10.3 Å². The first-order valence-corrected chi connectivity index (χ1v) is 8.15. The lowest BCUT2D eigenvalue weighted by atomic mass is 10.1. The molecule has 0 bridgehead atoms. The zero-order valence-electron chi connectivity index (χ0n) is 13.2. The second kappa shape index (κ2) is 10.1. The number of hydrogen-bond acceptors (Lipinski definition) is 4. The van der Waals surface area contributed by atoms with E-state index in [0.29, 0.717) is 24.8 Å². The van der Waals surface area contributed by atoms with Crippen molar-refractivity contribution in [1.82, 2.24) is 10.4 Å². The average molecular weight is 355 g/mol. The predicted octanol–water partition coefficient (Wildman–Crippen LogP) is 2.47. The van der Waals surface area contributed by atoms with Gasteiger partial charge in [-0.1, -0.05) is 12.1 Å². The number of alkyl halides is 2. The number of amides is 1. The Morgan fingerprint density at radius 3 is 2.22 bits per heavy atom. The van der Waals surface area contributed by atoms with Crippen molar-refractivity contribution in [2.45, 2.75) is 0 Å². The third-order valence-electron chi connectivity index (χ3n) is 2.97. The van der Waals surface area contributed by atoms with Crippen LogP contribution in [-0.4, -0.2) is 49.9 Å². The van der Waals surface area contributed by atoms with Gasteiger partial charge in [-0.2, -0.15) is 5.26 Å². The normalized spacial score (nSPS) is 11.2. The highest BCUT2D eigenvalue weighted by atomic mass is 35.5. The van der Waals surface area contributed by atoms with Gasteiger partial charge in [0.25, 0.3) is 5.91 Å². The van der Waals surface area contributed by atoms with Gasteiger partial charge in [-0.25, -0.2) is 5.01 Å². The Hall–Kier alpha value is -1.74. The molecule has 1 amide bonds. The fraction of sp³-hybridized carbons (Fsp3) is 0.375. The molecule has 1 aromatic carbocycles. The van der Waals surface area contributed by atoms with E-state index in [1.165, 1.54) is 5.01 Å². The molecule has 0 radical (unpaired) electrons. The number of hydrogen-bond donors (Lipinski definition) is 1. The first kappa shape index (κ1) is 19.3. The summed E-state index contributed by atoms with van der Waals surface area (Å²) in [5, 5.41) is 10.6. The van der Waals surface area contributed by atoms with Crippen molar-refractivity contribution in [2.24, 2.45) is 0 Å². The topological polar surface area (TPSA) is 59.4 Å². The molecule has 0 spiro atoms. The van der Waals surface area contributed by atoms with Crippen molar-refractivity contribution in [3.05, 3.63) is 35.4 Å². The molecule has 0 fully saturated rings. The van der Waals surface area contributed by atoms with E-state index in [1.807, 2.05) is 30.3 Å². The quantitative estimate of drug-likeness (QED) is 0.337. The molecule has 0 aromatic heterocycles. The Kier molecular flexibility index (Phi) is 8.49. The summed E-state index contributed by atoms with van der Waals surface area (Å²) < 4.78 is 0. The molecule has 1 rings (SSSR count). The first-order chi connectivity index (χ1) is 11.0. The number of anilines is 1. The fourth-order valence-electron chi connectivity index (χ4n) is 1.93. The van der Waals surface area contributed by atoms with Gasteiger partial charge in [0.2, 0.25) is 0 Å². The number of hydrazine groups is 1. The molecule has 0 aliphatic heterocycles. The monoisotopic (exact) mass is 354 g/mol. The minimum Gasteiger partial charge on any atom is -0.369 e. The van der Waals surface area contributed by atoms with Gasteiger partial charge in [-0.05, 0) is 23.8 Å². The smallest absolute Gasteiger partial charge is 0.276 e. The SMILES string of the molecule is CN(C)NC(=O)C(C#N)=Cc1ccc(N(CCCl)CCCl)cc1. The van der Waals surface area contributed by atoms with Gasteiger partial charge < -0.3 is 4.90 Å². The van der Waals surface area contributed by atoms with Crippen molar-refractivity contribution in [2.75, 3.05) is 43.8 Å². The lowest BCUT2D eigenvalue weighted by Gasteiger charge is -2.22. The molecule has 5 nitrogen and oxygen atoms in total. The third-order valence-corrected chi connectivity index (χ3v) is 3.31. The summed E-state index contributed by atoms with van der Waals surface area (Å²) in [5.74, 6) is 0.594. The van der Waals surface area contributed by atoms with Crippen molar-refractivity contribution in [3.8, 4) is 6.07 Å². The number of benzene rings is 1. The molecule has 0 heterocycles. The van der Waals surface area contributed by atoms with Gasteiger partial charge in [0.15, 0.2) is 0 Å². The van der Waals surface area contributed by atoms with Crippen LogP contribution in [0.25, 0.3) is 6.08 Å². The van der Waals surface area contributed by atoms with Crippen LogP contribution in [0.1, 0.15) is 5.56 Å². The molecule has 1 N–H and O–H groups in total. The van der Waals surface area contributed by atoms with Crippen LogP contribution >= 0.6 is 23.2 Å². The molecule has 0 atom stereocenters. The number of carbonyl (C=O) groups is 1. The summed E-state index contributed by atoms with van der Waals surface area (Å²) in [5.41, 5.74) is 4.36. The number of halogens is 2. The number of rotatable bonds is 8. The average Bonchev–Trinajstić information content (AvgIpc) is 2.52. The van der Waals surface area contributed by atoms with Gasteiger partial charge >= 0.3 is 0 Å². The predicted molar refractivity (Wildman–Crippen MR) is 95.5 cm³/mol. The highest BCUT2D eigenvalue weighted by Crippen LogP contribution is 2.17. The van der Waals surface area contributed by atoms with Crippen molar-refractivity contribution in [3.63, 3.8) is 0 Å². The van der Waals surface area contributed by atoms with Gasteiger partial charge in [-0.15, -0.1) is 23.2 Å². The van der Waals surface area contributed by atoms with E-state index in [2.05, 4.69) is 10.3 Å². The Morgan fingerprint density at radius 2 is 1.78 bits per heavy atom. The lowest BCUT2D eigenvalue weighted by Crippen LogP contribution is -2.36. The summed E-state index contributed by atoms with van der Waals surface area (Å²) >= 11 is 11.6. The summed E-state index contributed by atoms with van der Waals surface area (Å²) in [7, 11) is 3.37. The second-order valence-electron chi connectivity index (χ2n) is 4.96. The molecule has 23 heavy (non-hydrogen) atoms. The minimum atomic E-state index is -0.438. The summed E-state index contributed by atoms with van der Waals surface area (Å²) in [4.78, 5) is 13.9. The van der Waals surface area contributed by atoms with E-state index in [4.69, 9.17) is 28.5 Å². The van der Waals surface area contributed by atoms with Crippen LogP contribution in [0.5, 0.6) is 0 Å². The molecule has 0 unspecified atom stereocenters. The minimum absolute atomic E-state index is 0.0461. The van der Waals surface area contributed by atoms with E-state index in [1.54, 1.807) is 20.2 Å². The van der Waals surface area contributed by atoms with E-state index in [0.717, 1.165) is 11.3 Å². The second-order valence-corrected chi connectivity index (χ2v) is 5.72. The van der Waals surface area contributed by atoms with E-state index in [9.17, 15) is 4.79 Å². The molecule has 0 saturated heterocycles. The van der Waals surface area contributed by atoms with Crippen LogP contribution in [0.15, 0.2) is 29.8 Å². The molecule has 124 valence electrons. The van der Waals surface area contributed by atoms with Crippen molar-refractivity contribution in [1.29, 1.82) is 5.26 Å². The van der Waals surface area contributed by atoms with Crippen LogP contribution in [-0.2, 0) is 4.79 Å². The zero-order valence-corrected chi connectivity index (χ0v) is 14.7. The molecule has 1 aromatic rings. The summed E-state index contributed by atoms with van der Waals surface area (Å²) in [6.45, 7) is 1.41. The maximum absolute atomic E-state index is 11.9. The number of nitrogens with zero attached hydrogens (tertiary/aromatic N) is 3. The van der Waals surface area contributed by atoms with Gasteiger partial charge in [0.05, 0.1) is 0 Å². The van der Waals surface area contributed by atoms with Gasteiger partial charge in [0, 0.05) is 44.6 Å². The lowest BCUT2D eigenvalue weighted by molar-refractivity contribution is -0.120. The molecule has 7 heteroatoms. The van der Waals surface area contributed by atoms with Crippen LogP contribution in [0.4, 0.5) is 5.69 Å². The summed E-state index contributed by atoms with van der Waals surface area (Å²) in [6.07, 6.45) is 1.55. The zero-order chi connectivity index (χ0) is 17.2. The summed E-state index contributed by atoms with van der Waals surface area (Å²) in [6, 6.07) is 9.46. The molecule has 0 aliphatic carbocycles. The maximum Gasteiger partial charge on any atom is 0.276 e.